The maximum atomic E-state index is 12.3. The Kier molecular flexibility index (Phi) is 3.75. The Balaban J connectivity index is 2.33. The molecule has 2 rings (SSSR count). The fourth-order valence-electron chi connectivity index (χ4n) is 2.17. The molecule has 19 heavy (non-hydrogen) atoms. The number of amides is 1. The molecule has 1 saturated heterocycles. The smallest absolute Gasteiger partial charge is 0.326 e. The number of nitrogens with zero attached hydrogens (tertiary/aromatic N) is 2. The third kappa shape index (κ3) is 2.43. The van der Waals surface area contributed by atoms with Crippen LogP contribution in [-0.4, -0.2) is 50.2 Å². The van der Waals surface area contributed by atoms with Crippen molar-refractivity contribution in [2.24, 2.45) is 7.05 Å². The molecule has 1 aromatic rings. The number of halogens is 2. The first kappa shape index (κ1) is 14.2. The minimum Gasteiger partial charge on any atom is -0.480 e. The normalized spacial score (nSPS) is 22.8. The molecular weight excluding hydrogens is 295 g/mol. The predicted molar refractivity (Wildman–Crippen MR) is 68.5 cm³/mol. The largest absolute Gasteiger partial charge is 0.480 e. The lowest BCUT2D eigenvalue weighted by Crippen LogP contribution is -2.41. The molecule has 1 fully saturated rings. The molecule has 6 nitrogen and oxygen atoms in total. The third-order valence-corrected chi connectivity index (χ3v) is 4.00. The SMILES string of the molecule is Cn1c(C(=O)N2CC(O)CC2C(=O)O)cc(Cl)c1Cl. The highest BCUT2D eigenvalue weighted by Crippen LogP contribution is 2.28. The first-order valence-corrected chi connectivity index (χ1v) is 6.31. The Morgan fingerprint density at radius 3 is 2.53 bits per heavy atom. The molecule has 0 aromatic carbocycles. The lowest BCUT2D eigenvalue weighted by molar-refractivity contribution is -0.141. The van der Waals surface area contributed by atoms with E-state index in [1.165, 1.54) is 10.6 Å². The van der Waals surface area contributed by atoms with Crippen molar-refractivity contribution in [3.63, 3.8) is 0 Å². The summed E-state index contributed by atoms with van der Waals surface area (Å²) in [4.78, 5) is 24.5. The van der Waals surface area contributed by atoms with E-state index in [1.807, 2.05) is 0 Å². The van der Waals surface area contributed by atoms with Crippen molar-refractivity contribution in [3.8, 4) is 0 Å². The molecule has 0 bridgehead atoms. The van der Waals surface area contributed by atoms with E-state index in [9.17, 15) is 14.7 Å². The van der Waals surface area contributed by atoms with E-state index in [0.29, 0.717) is 0 Å². The second-order valence-corrected chi connectivity index (χ2v) is 5.19. The fraction of sp³-hybridized carbons (Fsp3) is 0.455. The maximum absolute atomic E-state index is 12.3. The number of likely N-dealkylation sites (tertiary alicyclic amines) is 1. The van der Waals surface area contributed by atoms with Gasteiger partial charge in [0.25, 0.3) is 5.91 Å². The fourth-order valence-corrected chi connectivity index (χ4v) is 2.54. The van der Waals surface area contributed by atoms with Gasteiger partial charge in [0, 0.05) is 20.0 Å². The van der Waals surface area contributed by atoms with Crippen molar-refractivity contribution >= 4 is 35.1 Å². The van der Waals surface area contributed by atoms with Crippen molar-refractivity contribution in [2.45, 2.75) is 18.6 Å². The van der Waals surface area contributed by atoms with Crippen molar-refractivity contribution in [1.82, 2.24) is 9.47 Å². The van der Waals surface area contributed by atoms with E-state index >= 15 is 0 Å². The zero-order chi connectivity index (χ0) is 14.3. The molecule has 2 unspecified atom stereocenters. The van der Waals surface area contributed by atoms with Crippen LogP contribution in [0.4, 0.5) is 0 Å². The zero-order valence-corrected chi connectivity index (χ0v) is 11.5. The highest BCUT2D eigenvalue weighted by molar-refractivity contribution is 6.41. The van der Waals surface area contributed by atoms with E-state index in [-0.39, 0.29) is 28.8 Å². The van der Waals surface area contributed by atoms with Crippen LogP contribution >= 0.6 is 23.2 Å². The Bertz CT molecular complexity index is 543. The van der Waals surface area contributed by atoms with Crippen LogP contribution < -0.4 is 0 Å². The number of aliphatic carboxylic acids is 1. The standard InChI is InChI=1S/C11H12Cl2N2O4/c1-14-7(3-6(12)9(14)13)10(17)15-4-5(16)2-8(15)11(18)19/h3,5,8,16H,2,4H2,1H3,(H,18,19). The maximum Gasteiger partial charge on any atom is 0.326 e. The van der Waals surface area contributed by atoms with Gasteiger partial charge in [-0.15, -0.1) is 0 Å². The van der Waals surface area contributed by atoms with Gasteiger partial charge in [0.15, 0.2) is 0 Å². The van der Waals surface area contributed by atoms with E-state index in [4.69, 9.17) is 28.3 Å². The Morgan fingerprint density at radius 1 is 1.42 bits per heavy atom. The average molecular weight is 307 g/mol. The summed E-state index contributed by atoms with van der Waals surface area (Å²) in [7, 11) is 1.56. The second-order valence-electron chi connectivity index (χ2n) is 4.43. The van der Waals surface area contributed by atoms with Crippen molar-refractivity contribution in [3.05, 3.63) is 21.9 Å². The number of carboxylic acids is 1. The van der Waals surface area contributed by atoms with Crippen LogP contribution in [0.5, 0.6) is 0 Å². The molecule has 1 aromatic heterocycles. The third-order valence-electron chi connectivity index (χ3n) is 3.16. The topological polar surface area (TPSA) is 82.8 Å². The van der Waals surface area contributed by atoms with Crippen molar-refractivity contribution < 1.29 is 19.8 Å². The number of hydrogen-bond acceptors (Lipinski definition) is 3. The predicted octanol–water partition coefficient (Wildman–Crippen LogP) is 0.992. The molecule has 0 spiro atoms. The van der Waals surface area contributed by atoms with Crippen molar-refractivity contribution in [1.29, 1.82) is 0 Å². The summed E-state index contributed by atoms with van der Waals surface area (Å²) in [6.07, 6.45) is -0.816. The molecular formula is C11H12Cl2N2O4. The lowest BCUT2D eigenvalue weighted by Gasteiger charge is -2.21. The number of carbonyl (C=O) groups excluding carboxylic acids is 1. The summed E-state index contributed by atoms with van der Waals surface area (Å²) in [5.41, 5.74) is 0.190. The van der Waals surface area contributed by atoms with Crippen molar-refractivity contribution in [2.75, 3.05) is 6.54 Å². The molecule has 8 heteroatoms. The quantitative estimate of drug-likeness (QED) is 0.853. The van der Waals surface area contributed by atoms with Gasteiger partial charge in [-0.05, 0) is 6.07 Å². The molecule has 2 N–H and O–H groups in total. The number of rotatable bonds is 2. The van der Waals surface area contributed by atoms with Crippen LogP contribution in [0, 0.1) is 0 Å². The second kappa shape index (κ2) is 5.03. The number of aromatic nitrogens is 1. The Morgan fingerprint density at radius 2 is 2.05 bits per heavy atom. The number of carboxylic acid groups (broad SMARTS) is 1. The average Bonchev–Trinajstić information content (AvgIpc) is 2.85. The molecule has 2 atom stereocenters. The zero-order valence-electron chi connectivity index (χ0n) is 10.0. The van der Waals surface area contributed by atoms with Crippen LogP contribution in [0.25, 0.3) is 0 Å². The van der Waals surface area contributed by atoms with E-state index in [2.05, 4.69) is 0 Å². The minimum atomic E-state index is -1.14. The number of aliphatic hydroxyl groups excluding tert-OH is 1. The van der Waals surface area contributed by atoms with Gasteiger partial charge in [-0.25, -0.2) is 4.79 Å². The van der Waals surface area contributed by atoms with Gasteiger partial charge in [-0.1, -0.05) is 23.2 Å². The summed E-state index contributed by atoms with van der Waals surface area (Å²) in [5, 5.41) is 19.0. The monoisotopic (exact) mass is 306 g/mol. The van der Waals surface area contributed by atoms with E-state index < -0.39 is 24.0 Å². The van der Waals surface area contributed by atoms with Gasteiger partial charge in [0.05, 0.1) is 11.1 Å². The minimum absolute atomic E-state index is 0.0176. The molecule has 104 valence electrons. The number of carbonyl (C=O) groups is 2. The highest BCUT2D eigenvalue weighted by Gasteiger charge is 2.40. The van der Waals surface area contributed by atoms with Crippen LogP contribution in [0.2, 0.25) is 10.2 Å². The van der Waals surface area contributed by atoms with Crippen LogP contribution in [-0.2, 0) is 11.8 Å². The molecule has 0 aliphatic carbocycles. The molecule has 2 heterocycles. The van der Waals surface area contributed by atoms with Crippen LogP contribution in [0.15, 0.2) is 6.07 Å². The summed E-state index contributed by atoms with van der Waals surface area (Å²) in [6, 6.07) is 0.352. The summed E-state index contributed by atoms with van der Waals surface area (Å²) in [6.45, 7) is -0.0176. The number of β-amino-alcohol motifs (C(OH)–C–C–N with tert-alkyl or cyclic N) is 1. The Labute approximate surface area is 119 Å². The first-order chi connectivity index (χ1) is 8.82. The molecule has 1 aliphatic rings. The van der Waals surface area contributed by atoms with Gasteiger partial charge >= 0.3 is 5.97 Å². The van der Waals surface area contributed by atoms with Crippen LogP contribution in [0.1, 0.15) is 16.9 Å². The van der Waals surface area contributed by atoms with Gasteiger partial charge < -0.3 is 19.7 Å². The molecule has 0 saturated carbocycles. The summed E-state index contributed by atoms with van der Waals surface area (Å²) < 4.78 is 1.38. The molecule has 1 amide bonds. The van der Waals surface area contributed by atoms with Gasteiger partial charge in [-0.3, -0.25) is 4.79 Å². The van der Waals surface area contributed by atoms with Crippen LogP contribution in [0.3, 0.4) is 0 Å². The number of hydrogen-bond donors (Lipinski definition) is 2. The highest BCUT2D eigenvalue weighted by atomic mass is 35.5. The molecule has 0 radical (unpaired) electrons. The van der Waals surface area contributed by atoms with E-state index in [1.54, 1.807) is 7.05 Å². The first-order valence-electron chi connectivity index (χ1n) is 5.55. The van der Waals surface area contributed by atoms with E-state index in [0.717, 1.165) is 4.90 Å². The Hall–Kier alpha value is -1.24. The van der Waals surface area contributed by atoms with Gasteiger partial charge in [0.2, 0.25) is 0 Å². The number of aliphatic hydroxyl groups is 1. The lowest BCUT2D eigenvalue weighted by atomic mass is 10.2. The summed E-state index contributed by atoms with van der Waals surface area (Å²) >= 11 is 11.7. The molecule has 1 aliphatic heterocycles. The summed E-state index contributed by atoms with van der Waals surface area (Å²) in [5.74, 6) is -1.66. The van der Waals surface area contributed by atoms with Gasteiger partial charge in [0.1, 0.15) is 16.9 Å². The van der Waals surface area contributed by atoms with Gasteiger partial charge in [-0.2, -0.15) is 0 Å².